The van der Waals surface area contributed by atoms with Crippen molar-refractivity contribution in [1.82, 2.24) is 10.2 Å². The fourth-order valence-electron chi connectivity index (χ4n) is 1.52. The lowest BCUT2D eigenvalue weighted by Gasteiger charge is -2.31. The Balaban J connectivity index is 2.30. The van der Waals surface area contributed by atoms with Crippen molar-refractivity contribution in [3.8, 4) is 0 Å². The average molecular weight is 188 g/mol. The van der Waals surface area contributed by atoms with Gasteiger partial charge in [0.2, 0.25) is 5.91 Å². The average Bonchev–Trinajstić information content (AvgIpc) is 2.17. The van der Waals surface area contributed by atoms with Crippen molar-refractivity contribution >= 4 is 18.5 Å². The highest BCUT2D eigenvalue weighted by Crippen LogP contribution is 2.09. The smallest absolute Gasteiger partial charge is 0.232 e. The molecule has 3 nitrogen and oxygen atoms in total. The molecule has 1 aliphatic rings. The molecule has 1 aliphatic heterocycles. The SMILES string of the molecule is CNC1CCN(C(=O)CS)CC1. The van der Waals surface area contributed by atoms with Crippen LogP contribution in [0, 0.1) is 0 Å². The number of likely N-dealkylation sites (tertiary alicyclic amines) is 1. The van der Waals surface area contributed by atoms with E-state index in [1.165, 1.54) is 0 Å². The summed E-state index contributed by atoms with van der Waals surface area (Å²) in [5.41, 5.74) is 0. The van der Waals surface area contributed by atoms with Crippen molar-refractivity contribution in [3.05, 3.63) is 0 Å². The Hall–Kier alpha value is -0.220. The van der Waals surface area contributed by atoms with E-state index in [4.69, 9.17) is 0 Å². The molecular weight excluding hydrogens is 172 g/mol. The summed E-state index contributed by atoms with van der Waals surface area (Å²) < 4.78 is 0. The molecule has 1 saturated heterocycles. The number of thiol groups is 1. The zero-order valence-electron chi connectivity index (χ0n) is 7.42. The summed E-state index contributed by atoms with van der Waals surface area (Å²) in [6, 6.07) is 0.592. The first-order chi connectivity index (χ1) is 5.77. The second-order valence-corrected chi connectivity index (χ2v) is 3.42. The van der Waals surface area contributed by atoms with E-state index in [9.17, 15) is 4.79 Å². The Labute approximate surface area is 78.9 Å². The molecule has 1 amide bonds. The maximum Gasteiger partial charge on any atom is 0.232 e. The van der Waals surface area contributed by atoms with E-state index in [1.54, 1.807) is 0 Å². The van der Waals surface area contributed by atoms with E-state index in [0.29, 0.717) is 11.8 Å². The molecule has 0 aromatic carbocycles. The number of piperidine rings is 1. The predicted octanol–water partition coefficient (Wildman–Crippen LogP) is 0.127. The van der Waals surface area contributed by atoms with Crippen LogP contribution in [-0.2, 0) is 4.79 Å². The fraction of sp³-hybridized carbons (Fsp3) is 0.875. The molecule has 12 heavy (non-hydrogen) atoms. The van der Waals surface area contributed by atoms with E-state index >= 15 is 0 Å². The molecule has 0 bridgehead atoms. The number of nitrogens with one attached hydrogen (secondary N) is 1. The Morgan fingerprint density at radius 1 is 1.58 bits per heavy atom. The lowest BCUT2D eigenvalue weighted by atomic mass is 10.1. The van der Waals surface area contributed by atoms with Crippen molar-refractivity contribution in [3.63, 3.8) is 0 Å². The van der Waals surface area contributed by atoms with Crippen molar-refractivity contribution in [2.45, 2.75) is 18.9 Å². The summed E-state index contributed by atoms with van der Waals surface area (Å²) in [7, 11) is 1.97. The zero-order valence-corrected chi connectivity index (χ0v) is 8.31. The second-order valence-electron chi connectivity index (χ2n) is 3.10. The van der Waals surface area contributed by atoms with Crippen LogP contribution in [0.25, 0.3) is 0 Å². The zero-order chi connectivity index (χ0) is 8.97. The van der Waals surface area contributed by atoms with Gasteiger partial charge in [-0.3, -0.25) is 4.79 Å². The van der Waals surface area contributed by atoms with Crippen LogP contribution in [0.2, 0.25) is 0 Å². The third kappa shape index (κ3) is 2.38. The predicted molar refractivity (Wildman–Crippen MR) is 52.5 cm³/mol. The van der Waals surface area contributed by atoms with Gasteiger partial charge in [0, 0.05) is 19.1 Å². The first-order valence-electron chi connectivity index (χ1n) is 4.34. The van der Waals surface area contributed by atoms with E-state index in [1.807, 2.05) is 11.9 Å². The van der Waals surface area contributed by atoms with Gasteiger partial charge in [0.15, 0.2) is 0 Å². The second kappa shape index (κ2) is 4.72. The number of hydrogen-bond donors (Lipinski definition) is 2. The van der Waals surface area contributed by atoms with Gasteiger partial charge in [-0.15, -0.1) is 0 Å². The summed E-state index contributed by atoms with van der Waals surface area (Å²) in [6.45, 7) is 1.76. The Morgan fingerprint density at radius 2 is 2.17 bits per heavy atom. The van der Waals surface area contributed by atoms with Crippen LogP contribution in [0.15, 0.2) is 0 Å². The topological polar surface area (TPSA) is 32.3 Å². The molecule has 1 heterocycles. The minimum absolute atomic E-state index is 0.160. The van der Waals surface area contributed by atoms with Gasteiger partial charge in [0.05, 0.1) is 5.75 Å². The maximum absolute atomic E-state index is 11.2. The van der Waals surface area contributed by atoms with Crippen LogP contribution in [0.4, 0.5) is 0 Å². The minimum Gasteiger partial charge on any atom is -0.342 e. The van der Waals surface area contributed by atoms with Gasteiger partial charge in [0.25, 0.3) is 0 Å². The Kier molecular flexibility index (Phi) is 3.88. The molecule has 70 valence electrons. The van der Waals surface area contributed by atoms with Crippen LogP contribution in [0.1, 0.15) is 12.8 Å². The van der Waals surface area contributed by atoms with Crippen LogP contribution < -0.4 is 5.32 Å². The fourth-order valence-corrected chi connectivity index (χ4v) is 1.72. The molecule has 4 heteroatoms. The number of carbonyl (C=O) groups excluding carboxylic acids is 1. The normalized spacial score (nSPS) is 19.7. The number of carbonyl (C=O) groups is 1. The molecule has 0 radical (unpaired) electrons. The number of nitrogens with zero attached hydrogens (tertiary/aromatic N) is 1. The summed E-state index contributed by atoms with van der Waals surface area (Å²) in [5.74, 6) is 0.498. The third-order valence-electron chi connectivity index (χ3n) is 2.39. The van der Waals surface area contributed by atoms with Gasteiger partial charge in [-0.2, -0.15) is 12.6 Å². The standard InChI is InChI=1S/C8H16N2OS/c1-9-7-2-4-10(5-3-7)8(11)6-12/h7,9,12H,2-6H2,1H3. The molecule has 1 fully saturated rings. The highest BCUT2D eigenvalue weighted by atomic mass is 32.1. The van der Waals surface area contributed by atoms with Gasteiger partial charge < -0.3 is 10.2 Å². The number of amides is 1. The lowest BCUT2D eigenvalue weighted by molar-refractivity contribution is -0.129. The molecule has 0 unspecified atom stereocenters. The molecule has 0 saturated carbocycles. The van der Waals surface area contributed by atoms with Gasteiger partial charge in [-0.1, -0.05) is 0 Å². The highest BCUT2D eigenvalue weighted by molar-refractivity contribution is 7.81. The van der Waals surface area contributed by atoms with Gasteiger partial charge in [-0.05, 0) is 19.9 Å². The summed E-state index contributed by atoms with van der Waals surface area (Å²) in [5, 5.41) is 3.22. The summed E-state index contributed by atoms with van der Waals surface area (Å²) in [4.78, 5) is 13.1. The van der Waals surface area contributed by atoms with Crippen LogP contribution in [0.5, 0.6) is 0 Å². The largest absolute Gasteiger partial charge is 0.342 e. The minimum atomic E-state index is 0.160. The maximum atomic E-state index is 11.2. The summed E-state index contributed by atoms with van der Waals surface area (Å²) in [6.07, 6.45) is 2.13. The Bertz CT molecular complexity index is 155. The quantitative estimate of drug-likeness (QED) is 0.604. The highest BCUT2D eigenvalue weighted by Gasteiger charge is 2.20. The van der Waals surface area contributed by atoms with Crippen molar-refractivity contribution in [2.24, 2.45) is 0 Å². The van der Waals surface area contributed by atoms with Gasteiger partial charge in [0.1, 0.15) is 0 Å². The number of hydrogen-bond acceptors (Lipinski definition) is 3. The van der Waals surface area contributed by atoms with Crippen molar-refractivity contribution in [2.75, 3.05) is 25.9 Å². The number of rotatable bonds is 2. The molecule has 0 aliphatic carbocycles. The summed E-state index contributed by atoms with van der Waals surface area (Å²) >= 11 is 3.96. The van der Waals surface area contributed by atoms with Crippen molar-refractivity contribution in [1.29, 1.82) is 0 Å². The van der Waals surface area contributed by atoms with Crippen LogP contribution in [-0.4, -0.2) is 42.7 Å². The first-order valence-corrected chi connectivity index (χ1v) is 4.97. The molecule has 0 aromatic rings. The molecule has 1 rings (SSSR count). The molecule has 1 N–H and O–H groups in total. The molecular formula is C8H16N2OS. The van der Waals surface area contributed by atoms with E-state index < -0.39 is 0 Å². The molecule has 0 spiro atoms. The van der Waals surface area contributed by atoms with Crippen LogP contribution >= 0.6 is 12.6 Å². The van der Waals surface area contributed by atoms with Crippen LogP contribution in [0.3, 0.4) is 0 Å². The van der Waals surface area contributed by atoms with E-state index in [0.717, 1.165) is 25.9 Å². The van der Waals surface area contributed by atoms with Gasteiger partial charge >= 0.3 is 0 Å². The lowest BCUT2D eigenvalue weighted by Crippen LogP contribution is -2.44. The molecule has 0 aromatic heterocycles. The molecule has 0 atom stereocenters. The van der Waals surface area contributed by atoms with Crippen molar-refractivity contribution < 1.29 is 4.79 Å². The monoisotopic (exact) mass is 188 g/mol. The van der Waals surface area contributed by atoms with E-state index in [-0.39, 0.29) is 5.91 Å². The van der Waals surface area contributed by atoms with Gasteiger partial charge in [-0.25, -0.2) is 0 Å². The third-order valence-corrected chi connectivity index (χ3v) is 2.66. The van der Waals surface area contributed by atoms with E-state index in [2.05, 4.69) is 17.9 Å². The first kappa shape index (κ1) is 9.86. The Morgan fingerprint density at radius 3 is 2.58 bits per heavy atom.